The second-order valence-electron chi connectivity index (χ2n) is 3.72. The van der Waals surface area contributed by atoms with Crippen LogP contribution >= 0.6 is 0 Å². The van der Waals surface area contributed by atoms with Crippen LogP contribution in [0, 0.1) is 5.82 Å². The summed E-state index contributed by atoms with van der Waals surface area (Å²) in [5.41, 5.74) is 0.303. The number of carbonyl (C=O) groups excluding carboxylic acids is 1. The summed E-state index contributed by atoms with van der Waals surface area (Å²) >= 11 is 0. The van der Waals surface area contributed by atoms with E-state index in [0.29, 0.717) is 11.3 Å². The summed E-state index contributed by atoms with van der Waals surface area (Å²) in [5, 5.41) is 9.56. The first-order valence-electron chi connectivity index (χ1n) is 5.29. The molecular formula is C14H11FO3. The van der Waals surface area contributed by atoms with Crippen molar-refractivity contribution >= 4 is 5.78 Å². The molecule has 0 heterocycles. The standard InChI is InChI=1S/C14H11FO3/c1-18-11-5-2-9(3-6-11)14(17)12-8-10(15)4-7-13(12)16/h2-8,16H,1H3. The van der Waals surface area contributed by atoms with Crippen LogP contribution in [0.15, 0.2) is 42.5 Å². The summed E-state index contributed by atoms with van der Waals surface area (Å²) in [7, 11) is 1.52. The van der Waals surface area contributed by atoms with Crippen molar-refractivity contribution in [3.05, 3.63) is 59.4 Å². The minimum absolute atomic E-state index is 0.0554. The van der Waals surface area contributed by atoms with Crippen molar-refractivity contribution in [2.45, 2.75) is 0 Å². The molecule has 2 aromatic carbocycles. The first-order valence-corrected chi connectivity index (χ1v) is 5.29. The number of hydrogen-bond acceptors (Lipinski definition) is 3. The van der Waals surface area contributed by atoms with Crippen molar-refractivity contribution in [3.63, 3.8) is 0 Å². The van der Waals surface area contributed by atoms with Gasteiger partial charge in [0.15, 0.2) is 5.78 Å². The largest absolute Gasteiger partial charge is 0.507 e. The Morgan fingerprint density at radius 2 is 1.83 bits per heavy atom. The molecule has 0 aliphatic rings. The van der Waals surface area contributed by atoms with E-state index in [9.17, 15) is 14.3 Å². The van der Waals surface area contributed by atoms with Crippen LogP contribution in [-0.4, -0.2) is 18.0 Å². The third-order valence-electron chi connectivity index (χ3n) is 2.56. The van der Waals surface area contributed by atoms with Gasteiger partial charge in [0.25, 0.3) is 0 Å². The molecule has 0 unspecified atom stereocenters. The highest BCUT2D eigenvalue weighted by molar-refractivity contribution is 6.10. The van der Waals surface area contributed by atoms with Gasteiger partial charge >= 0.3 is 0 Å². The Morgan fingerprint density at radius 1 is 1.17 bits per heavy atom. The van der Waals surface area contributed by atoms with E-state index in [2.05, 4.69) is 0 Å². The summed E-state index contributed by atoms with van der Waals surface area (Å²) in [6.07, 6.45) is 0. The van der Waals surface area contributed by atoms with Gasteiger partial charge in [-0.1, -0.05) is 0 Å². The molecule has 0 aromatic heterocycles. The summed E-state index contributed by atoms with van der Waals surface area (Å²) in [6.45, 7) is 0. The molecule has 1 N–H and O–H groups in total. The molecule has 18 heavy (non-hydrogen) atoms. The Kier molecular flexibility index (Phi) is 3.28. The zero-order valence-corrected chi connectivity index (χ0v) is 9.68. The van der Waals surface area contributed by atoms with E-state index in [4.69, 9.17) is 4.74 Å². The van der Waals surface area contributed by atoms with Crippen LogP contribution in [0.25, 0.3) is 0 Å². The van der Waals surface area contributed by atoms with E-state index < -0.39 is 11.6 Å². The molecule has 3 nitrogen and oxygen atoms in total. The molecule has 0 atom stereocenters. The lowest BCUT2D eigenvalue weighted by Gasteiger charge is -2.05. The summed E-state index contributed by atoms with van der Waals surface area (Å²) < 4.78 is 18.0. The molecule has 0 bridgehead atoms. The number of rotatable bonds is 3. The number of halogens is 1. The number of ketones is 1. The third-order valence-corrected chi connectivity index (χ3v) is 2.56. The normalized spacial score (nSPS) is 10.1. The number of phenols is 1. The van der Waals surface area contributed by atoms with Crippen LogP contribution in [0.3, 0.4) is 0 Å². The van der Waals surface area contributed by atoms with E-state index in [1.165, 1.54) is 7.11 Å². The number of aromatic hydroxyl groups is 1. The van der Waals surface area contributed by atoms with E-state index in [0.717, 1.165) is 18.2 Å². The lowest BCUT2D eigenvalue weighted by Crippen LogP contribution is -2.02. The molecule has 0 fully saturated rings. The number of hydrogen-bond donors (Lipinski definition) is 1. The molecule has 2 aromatic rings. The molecule has 92 valence electrons. The van der Waals surface area contributed by atoms with E-state index >= 15 is 0 Å². The van der Waals surface area contributed by atoms with Gasteiger partial charge in [0.1, 0.15) is 17.3 Å². The molecule has 0 radical (unpaired) electrons. The lowest BCUT2D eigenvalue weighted by atomic mass is 10.0. The summed E-state index contributed by atoms with van der Waals surface area (Å²) in [6, 6.07) is 9.65. The van der Waals surface area contributed by atoms with Crippen LogP contribution in [0.2, 0.25) is 0 Å². The molecule has 0 amide bonds. The van der Waals surface area contributed by atoms with Crippen LogP contribution in [-0.2, 0) is 0 Å². The number of carbonyl (C=O) groups is 1. The van der Waals surface area contributed by atoms with Gasteiger partial charge in [-0.3, -0.25) is 4.79 Å². The SMILES string of the molecule is COc1ccc(C(=O)c2cc(F)ccc2O)cc1. The fourth-order valence-electron chi connectivity index (χ4n) is 1.59. The van der Waals surface area contributed by atoms with Gasteiger partial charge in [0.05, 0.1) is 12.7 Å². The highest BCUT2D eigenvalue weighted by Gasteiger charge is 2.14. The van der Waals surface area contributed by atoms with Crippen molar-refractivity contribution < 1.29 is 19.0 Å². The second-order valence-corrected chi connectivity index (χ2v) is 3.72. The quantitative estimate of drug-likeness (QED) is 0.847. The minimum atomic E-state index is -0.565. The van der Waals surface area contributed by atoms with Crippen LogP contribution in [0.5, 0.6) is 11.5 Å². The topological polar surface area (TPSA) is 46.5 Å². The molecule has 0 spiro atoms. The van der Waals surface area contributed by atoms with Crippen molar-refractivity contribution in [2.24, 2.45) is 0 Å². The van der Waals surface area contributed by atoms with Crippen molar-refractivity contribution in [1.82, 2.24) is 0 Å². The molecule has 0 saturated heterocycles. The maximum absolute atomic E-state index is 13.1. The predicted molar refractivity (Wildman–Crippen MR) is 64.5 cm³/mol. The number of ether oxygens (including phenoxy) is 1. The fourth-order valence-corrected chi connectivity index (χ4v) is 1.59. The predicted octanol–water partition coefficient (Wildman–Crippen LogP) is 2.77. The maximum Gasteiger partial charge on any atom is 0.196 e. The van der Waals surface area contributed by atoms with Crippen LogP contribution in [0.4, 0.5) is 4.39 Å². The molecule has 0 aliphatic heterocycles. The monoisotopic (exact) mass is 246 g/mol. The molecular weight excluding hydrogens is 235 g/mol. The van der Waals surface area contributed by atoms with Crippen molar-refractivity contribution in [3.8, 4) is 11.5 Å². The molecule has 0 aliphatic carbocycles. The Bertz CT molecular complexity index is 576. The van der Waals surface area contributed by atoms with Crippen molar-refractivity contribution in [1.29, 1.82) is 0 Å². The lowest BCUT2D eigenvalue weighted by molar-refractivity contribution is 0.103. The Morgan fingerprint density at radius 3 is 2.44 bits per heavy atom. The highest BCUT2D eigenvalue weighted by atomic mass is 19.1. The van der Waals surface area contributed by atoms with Gasteiger partial charge in [-0.15, -0.1) is 0 Å². The average Bonchev–Trinajstić information content (AvgIpc) is 2.41. The van der Waals surface area contributed by atoms with Gasteiger partial charge in [-0.25, -0.2) is 4.39 Å². The van der Waals surface area contributed by atoms with Gasteiger partial charge in [-0.2, -0.15) is 0 Å². The maximum atomic E-state index is 13.1. The Balaban J connectivity index is 2.38. The van der Waals surface area contributed by atoms with E-state index in [-0.39, 0.29) is 11.3 Å². The smallest absolute Gasteiger partial charge is 0.196 e. The molecule has 0 saturated carbocycles. The highest BCUT2D eigenvalue weighted by Crippen LogP contribution is 2.22. The second kappa shape index (κ2) is 4.87. The number of benzene rings is 2. The van der Waals surface area contributed by atoms with E-state index in [1.54, 1.807) is 24.3 Å². The molecule has 2 rings (SSSR count). The number of methoxy groups -OCH3 is 1. The van der Waals surface area contributed by atoms with Gasteiger partial charge in [0.2, 0.25) is 0 Å². The first-order chi connectivity index (χ1) is 8.61. The zero-order chi connectivity index (χ0) is 13.1. The third kappa shape index (κ3) is 2.32. The Labute approximate surface area is 103 Å². The van der Waals surface area contributed by atoms with Gasteiger partial charge in [-0.05, 0) is 42.5 Å². The average molecular weight is 246 g/mol. The first kappa shape index (κ1) is 12.1. The fraction of sp³-hybridized carbons (Fsp3) is 0.0714. The zero-order valence-electron chi connectivity index (χ0n) is 9.68. The molecule has 4 heteroatoms. The van der Waals surface area contributed by atoms with Crippen molar-refractivity contribution in [2.75, 3.05) is 7.11 Å². The van der Waals surface area contributed by atoms with Gasteiger partial charge in [0, 0.05) is 5.56 Å². The van der Waals surface area contributed by atoms with E-state index in [1.807, 2.05) is 0 Å². The van der Waals surface area contributed by atoms with Crippen LogP contribution in [0.1, 0.15) is 15.9 Å². The minimum Gasteiger partial charge on any atom is -0.507 e. The van der Waals surface area contributed by atoms with Gasteiger partial charge < -0.3 is 9.84 Å². The summed E-state index contributed by atoms with van der Waals surface area (Å²) in [5.74, 6) is -0.619. The summed E-state index contributed by atoms with van der Waals surface area (Å²) in [4.78, 5) is 12.1. The van der Waals surface area contributed by atoms with Crippen LogP contribution < -0.4 is 4.74 Å². The Hall–Kier alpha value is -2.36. The number of phenolic OH excluding ortho intramolecular Hbond substituents is 1.